The quantitative estimate of drug-likeness (QED) is 0.465. The highest BCUT2D eigenvalue weighted by Crippen LogP contribution is 2.28. The normalized spacial score (nSPS) is 10.8. The Hall–Kier alpha value is -3.48. The Morgan fingerprint density at radius 3 is 2.47 bits per heavy atom. The first-order valence-electron chi connectivity index (χ1n) is 10.8. The van der Waals surface area contributed by atoms with Gasteiger partial charge < -0.3 is 24.5 Å². The summed E-state index contributed by atoms with van der Waals surface area (Å²) in [6.45, 7) is 9.03. The largest absolute Gasteiger partial charge is 0.490 e. The van der Waals surface area contributed by atoms with Gasteiger partial charge in [-0.25, -0.2) is 4.79 Å². The maximum atomic E-state index is 12.4. The van der Waals surface area contributed by atoms with E-state index < -0.39 is 5.97 Å². The smallest absolute Gasteiger partial charge is 0.338 e. The average molecular weight is 439 g/mol. The van der Waals surface area contributed by atoms with Gasteiger partial charge in [0, 0.05) is 23.1 Å². The Kier molecular flexibility index (Phi) is 7.76. The summed E-state index contributed by atoms with van der Waals surface area (Å²) >= 11 is 0. The van der Waals surface area contributed by atoms with Crippen LogP contribution in [-0.2, 0) is 16.0 Å². The first-order chi connectivity index (χ1) is 15.4. The molecule has 0 aliphatic carbocycles. The molecule has 0 fully saturated rings. The minimum Gasteiger partial charge on any atom is -0.490 e. The van der Waals surface area contributed by atoms with Crippen LogP contribution in [0.25, 0.3) is 10.9 Å². The van der Waals surface area contributed by atoms with E-state index in [0.29, 0.717) is 43.2 Å². The van der Waals surface area contributed by atoms with Crippen molar-refractivity contribution < 1.29 is 23.8 Å². The number of esters is 1. The van der Waals surface area contributed by atoms with Gasteiger partial charge in [0.1, 0.15) is 0 Å². The topological polar surface area (TPSA) is 89.6 Å². The summed E-state index contributed by atoms with van der Waals surface area (Å²) in [5.74, 6) is 0.534. The van der Waals surface area contributed by atoms with Crippen LogP contribution in [0.4, 0.5) is 0 Å². The number of fused-ring (bicyclic) bond motifs is 1. The van der Waals surface area contributed by atoms with Crippen molar-refractivity contribution in [3.63, 3.8) is 0 Å². The van der Waals surface area contributed by atoms with Gasteiger partial charge in [0.2, 0.25) is 0 Å². The molecule has 7 heteroatoms. The molecule has 1 amide bonds. The average Bonchev–Trinajstić information content (AvgIpc) is 3.07. The van der Waals surface area contributed by atoms with Gasteiger partial charge in [0.05, 0.1) is 18.8 Å². The first kappa shape index (κ1) is 23.2. The van der Waals surface area contributed by atoms with Crippen molar-refractivity contribution >= 4 is 22.8 Å². The van der Waals surface area contributed by atoms with Crippen molar-refractivity contribution in [1.29, 1.82) is 0 Å². The number of hydrogen-bond acceptors (Lipinski definition) is 5. The summed E-state index contributed by atoms with van der Waals surface area (Å²) in [4.78, 5) is 27.7. The van der Waals surface area contributed by atoms with Gasteiger partial charge in [0.25, 0.3) is 5.91 Å². The third-order valence-electron chi connectivity index (χ3n) is 5.22. The number of aryl methyl sites for hydroxylation is 2. The Morgan fingerprint density at radius 2 is 1.72 bits per heavy atom. The van der Waals surface area contributed by atoms with E-state index in [9.17, 15) is 9.59 Å². The van der Waals surface area contributed by atoms with E-state index in [4.69, 9.17) is 14.2 Å². The summed E-state index contributed by atoms with van der Waals surface area (Å²) in [6, 6.07) is 11.1. The molecule has 2 aromatic carbocycles. The van der Waals surface area contributed by atoms with E-state index in [1.807, 2.05) is 52.0 Å². The van der Waals surface area contributed by atoms with E-state index in [1.54, 1.807) is 12.1 Å². The molecule has 2 N–H and O–H groups in total. The lowest BCUT2D eigenvalue weighted by atomic mass is 10.1. The van der Waals surface area contributed by atoms with Crippen molar-refractivity contribution in [2.45, 2.75) is 34.1 Å². The SMILES string of the molecule is CCOc1ccc(CCNC(=O)COC(=O)c2ccc3[nH]c(C)c(C)c3c2)cc1OCC. The Balaban J connectivity index is 1.48. The fraction of sp³-hybridized carbons (Fsp3) is 0.360. The van der Waals surface area contributed by atoms with E-state index in [0.717, 1.165) is 27.7 Å². The second kappa shape index (κ2) is 10.7. The number of carbonyl (C=O) groups is 2. The molecule has 1 heterocycles. The number of rotatable bonds is 10. The van der Waals surface area contributed by atoms with Crippen LogP contribution in [0.1, 0.15) is 41.0 Å². The van der Waals surface area contributed by atoms with Crippen LogP contribution in [-0.4, -0.2) is 43.2 Å². The van der Waals surface area contributed by atoms with Crippen molar-refractivity contribution in [3.8, 4) is 11.5 Å². The molecule has 0 radical (unpaired) electrons. The van der Waals surface area contributed by atoms with Gasteiger partial charge in [-0.3, -0.25) is 4.79 Å². The van der Waals surface area contributed by atoms with Gasteiger partial charge in [-0.2, -0.15) is 0 Å². The molecule has 0 aliphatic rings. The number of nitrogens with one attached hydrogen (secondary N) is 2. The van der Waals surface area contributed by atoms with Crippen LogP contribution < -0.4 is 14.8 Å². The summed E-state index contributed by atoms with van der Waals surface area (Å²) in [6.07, 6.45) is 0.620. The van der Waals surface area contributed by atoms with Gasteiger partial charge in [0.15, 0.2) is 18.1 Å². The van der Waals surface area contributed by atoms with Crippen LogP contribution in [0.15, 0.2) is 36.4 Å². The molecule has 7 nitrogen and oxygen atoms in total. The lowest BCUT2D eigenvalue weighted by Crippen LogP contribution is -2.30. The number of carbonyl (C=O) groups excluding carboxylic acids is 2. The lowest BCUT2D eigenvalue weighted by molar-refractivity contribution is -0.124. The van der Waals surface area contributed by atoms with Gasteiger partial charge >= 0.3 is 5.97 Å². The summed E-state index contributed by atoms with van der Waals surface area (Å²) in [7, 11) is 0. The molecule has 0 bridgehead atoms. The second-order valence-corrected chi connectivity index (χ2v) is 7.46. The molecule has 0 saturated carbocycles. The van der Waals surface area contributed by atoms with Gasteiger partial charge in [-0.15, -0.1) is 0 Å². The second-order valence-electron chi connectivity index (χ2n) is 7.46. The molecular weight excluding hydrogens is 408 g/mol. The van der Waals surface area contributed by atoms with E-state index in [-0.39, 0.29) is 12.5 Å². The minimum absolute atomic E-state index is 0.324. The third-order valence-corrected chi connectivity index (χ3v) is 5.22. The highest BCUT2D eigenvalue weighted by molar-refractivity contribution is 5.96. The number of aromatic nitrogens is 1. The van der Waals surface area contributed by atoms with E-state index >= 15 is 0 Å². The summed E-state index contributed by atoms with van der Waals surface area (Å²) in [5.41, 5.74) is 4.56. The fourth-order valence-electron chi connectivity index (χ4n) is 3.45. The van der Waals surface area contributed by atoms with Crippen molar-refractivity contribution in [2.75, 3.05) is 26.4 Å². The molecule has 170 valence electrons. The van der Waals surface area contributed by atoms with Gasteiger partial charge in [-0.05, 0) is 75.6 Å². The van der Waals surface area contributed by atoms with E-state index in [2.05, 4.69) is 10.3 Å². The van der Waals surface area contributed by atoms with Crippen LogP contribution >= 0.6 is 0 Å². The maximum Gasteiger partial charge on any atom is 0.338 e. The standard InChI is InChI=1S/C25H30N2O5/c1-5-30-22-10-7-18(13-23(22)31-6-2)11-12-26-24(28)15-32-25(29)19-8-9-21-20(14-19)16(3)17(4)27-21/h7-10,13-14,27H,5-6,11-12,15H2,1-4H3,(H,26,28). The van der Waals surface area contributed by atoms with Crippen LogP contribution in [0.3, 0.4) is 0 Å². The molecule has 0 saturated heterocycles. The zero-order chi connectivity index (χ0) is 23.1. The Bertz CT molecular complexity index is 1100. The number of hydrogen-bond donors (Lipinski definition) is 2. The monoisotopic (exact) mass is 438 g/mol. The predicted molar refractivity (Wildman–Crippen MR) is 124 cm³/mol. The first-order valence-corrected chi connectivity index (χ1v) is 10.8. The summed E-state index contributed by atoms with van der Waals surface area (Å²) < 4.78 is 16.4. The zero-order valence-corrected chi connectivity index (χ0v) is 19.0. The van der Waals surface area contributed by atoms with Crippen molar-refractivity contribution in [1.82, 2.24) is 10.3 Å². The molecule has 3 aromatic rings. The highest BCUT2D eigenvalue weighted by atomic mass is 16.5. The molecule has 32 heavy (non-hydrogen) atoms. The molecule has 0 aliphatic heterocycles. The zero-order valence-electron chi connectivity index (χ0n) is 19.0. The van der Waals surface area contributed by atoms with Crippen LogP contribution in [0.2, 0.25) is 0 Å². The fourth-order valence-corrected chi connectivity index (χ4v) is 3.45. The van der Waals surface area contributed by atoms with Crippen molar-refractivity contribution in [3.05, 3.63) is 58.8 Å². The van der Waals surface area contributed by atoms with Crippen LogP contribution in [0, 0.1) is 13.8 Å². The molecule has 0 unspecified atom stereocenters. The van der Waals surface area contributed by atoms with Gasteiger partial charge in [-0.1, -0.05) is 6.07 Å². The molecular formula is C25H30N2O5. The number of benzene rings is 2. The van der Waals surface area contributed by atoms with E-state index in [1.165, 1.54) is 0 Å². The Labute approximate surface area is 188 Å². The molecule has 3 rings (SSSR count). The highest BCUT2D eigenvalue weighted by Gasteiger charge is 2.13. The molecule has 1 aromatic heterocycles. The Morgan fingerprint density at radius 1 is 0.969 bits per heavy atom. The minimum atomic E-state index is -0.520. The third kappa shape index (κ3) is 5.60. The predicted octanol–water partition coefficient (Wildman–Crippen LogP) is 4.10. The lowest BCUT2D eigenvalue weighted by Gasteiger charge is -2.12. The van der Waals surface area contributed by atoms with Crippen molar-refractivity contribution in [2.24, 2.45) is 0 Å². The number of amides is 1. The van der Waals surface area contributed by atoms with Crippen LogP contribution in [0.5, 0.6) is 11.5 Å². The number of aromatic amines is 1. The number of ether oxygens (including phenoxy) is 3. The summed E-state index contributed by atoms with van der Waals surface area (Å²) in [5, 5.41) is 3.75. The maximum absolute atomic E-state index is 12.4. The molecule has 0 spiro atoms. The number of H-pyrrole nitrogens is 1. The molecule has 0 atom stereocenters.